The molecule has 1 aliphatic rings. The second-order valence-corrected chi connectivity index (χ2v) is 12.5. The van der Waals surface area contributed by atoms with Gasteiger partial charge in [-0.15, -0.1) is 11.8 Å². The summed E-state index contributed by atoms with van der Waals surface area (Å²) in [4.78, 5) is 42.8. The van der Waals surface area contributed by atoms with Gasteiger partial charge in [-0.05, 0) is 118 Å². The second kappa shape index (κ2) is 20.9. The van der Waals surface area contributed by atoms with E-state index in [4.69, 9.17) is 0 Å². The summed E-state index contributed by atoms with van der Waals surface area (Å²) in [6, 6.07) is 13.5. The van der Waals surface area contributed by atoms with Gasteiger partial charge in [-0.1, -0.05) is 24.3 Å². The Hall–Kier alpha value is -4.40. The molecular formula is C38H49FN6O3S. The maximum Gasteiger partial charge on any atom is 0.264 e. The van der Waals surface area contributed by atoms with Gasteiger partial charge in [-0.25, -0.2) is 4.39 Å². The van der Waals surface area contributed by atoms with E-state index in [2.05, 4.69) is 20.9 Å². The van der Waals surface area contributed by atoms with Gasteiger partial charge in [0.2, 0.25) is 5.91 Å². The van der Waals surface area contributed by atoms with E-state index in [0.717, 1.165) is 47.2 Å². The number of carbonyl (C=O) groups is 3. The summed E-state index contributed by atoms with van der Waals surface area (Å²) in [7, 11) is 0. The third kappa shape index (κ3) is 11.9. The van der Waals surface area contributed by atoms with E-state index in [0.29, 0.717) is 55.9 Å². The molecular weight excluding hydrogens is 640 g/mol. The number of allylic oxidation sites excluding steroid dienone is 5. The smallest absolute Gasteiger partial charge is 0.264 e. The maximum absolute atomic E-state index is 13.3. The zero-order valence-corrected chi connectivity index (χ0v) is 29.9. The summed E-state index contributed by atoms with van der Waals surface area (Å²) in [5.41, 5.74) is 3.12. The quantitative estimate of drug-likeness (QED) is 0.0692. The Morgan fingerprint density at radius 2 is 1.76 bits per heavy atom. The number of hydrogen-bond donors (Lipinski definition) is 3. The summed E-state index contributed by atoms with van der Waals surface area (Å²) >= 11 is 1.19. The normalized spacial score (nSPS) is 14.4. The third-order valence-corrected chi connectivity index (χ3v) is 9.20. The lowest BCUT2D eigenvalue weighted by atomic mass is 10.0. The van der Waals surface area contributed by atoms with Crippen LogP contribution >= 0.6 is 11.8 Å². The van der Waals surface area contributed by atoms with Crippen LogP contribution in [-0.2, 0) is 9.59 Å². The first-order valence-electron chi connectivity index (χ1n) is 16.9. The molecule has 0 saturated carbocycles. The Labute approximate surface area is 294 Å². The van der Waals surface area contributed by atoms with Gasteiger partial charge in [0.1, 0.15) is 16.7 Å². The number of benzene rings is 2. The predicted octanol–water partition coefficient (Wildman–Crippen LogP) is 6.69. The number of carbonyl (C=O) groups excluding carboxylic acids is 3. The number of halogens is 1. The van der Waals surface area contributed by atoms with E-state index < -0.39 is 5.91 Å². The van der Waals surface area contributed by atoms with E-state index in [1.165, 1.54) is 35.6 Å². The lowest BCUT2D eigenvalue weighted by Gasteiger charge is -2.24. The lowest BCUT2D eigenvalue weighted by molar-refractivity contribution is -0.128. The van der Waals surface area contributed by atoms with Gasteiger partial charge >= 0.3 is 0 Å². The Balaban J connectivity index is 1.55. The van der Waals surface area contributed by atoms with Gasteiger partial charge in [0.15, 0.2) is 0 Å². The van der Waals surface area contributed by atoms with Crippen LogP contribution in [0.4, 0.5) is 10.1 Å². The highest BCUT2D eigenvalue weighted by molar-refractivity contribution is 8.02. The van der Waals surface area contributed by atoms with Crippen LogP contribution in [-0.4, -0.2) is 79.6 Å². The fourth-order valence-corrected chi connectivity index (χ4v) is 6.54. The minimum absolute atomic E-state index is 0.0800. The van der Waals surface area contributed by atoms with Gasteiger partial charge < -0.3 is 25.8 Å². The molecule has 3 rings (SSSR count). The summed E-state index contributed by atoms with van der Waals surface area (Å²) in [6.07, 6.45) is 11.3. The number of nitrogens with zero attached hydrogens (tertiary/aromatic N) is 3. The molecule has 1 heterocycles. The monoisotopic (exact) mass is 688 g/mol. The summed E-state index contributed by atoms with van der Waals surface area (Å²) in [5, 5.41) is 21.2. The number of amides is 3. The fourth-order valence-electron chi connectivity index (χ4n) is 5.74. The molecule has 1 saturated heterocycles. The molecule has 0 bridgehead atoms. The molecule has 0 atom stereocenters. The molecule has 0 spiro atoms. The first-order chi connectivity index (χ1) is 23.8. The topological polar surface area (TPSA) is 118 Å². The SMILES string of the molecule is C\C=C/C(CCCNC(=O)/C(C#N)=C(\SC)N(CC)C(=O)CCNc1ccc2cc(C(=O)NCCN3CCCC3)ccc2c1)=C(C)\C=C\F. The number of fused-ring (bicyclic) bond motifs is 1. The number of hydrogen-bond acceptors (Lipinski definition) is 7. The van der Waals surface area contributed by atoms with Crippen LogP contribution in [0.2, 0.25) is 0 Å². The molecule has 1 fully saturated rings. The standard InChI is InChI=1S/C38H49FN6O3S/c1-5-10-29(28(3)16-18-39)11-9-19-42-37(48)34(27-40)38(49-4)45(6-2)35(46)17-20-41-33-15-14-30-25-32(13-12-31(30)26-33)36(47)43-21-24-44-22-7-8-23-44/h5,10,12-16,18,25-26,41H,6-9,11,17,19-24H2,1-4H3,(H,42,48)(H,43,47)/b10-5-,18-16+,29-28+,38-34-. The number of likely N-dealkylation sites (tertiary alicyclic amines) is 1. The van der Waals surface area contributed by atoms with Crippen LogP contribution in [0.1, 0.15) is 63.2 Å². The van der Waals surface area contributed by atoms with E-state index in [1.807, 2.05) is 75.4 Å². The zero-order chi connectivity index (χ0) is 35.6. The Bertz CT molecular complexity index is 1620. The van der Waals surface area contributed by atoms with Gasteiger partial charge in [-0.3, -0.25) is 14.4 Å². The molecule has 1 aliphatic heterocycles. The molecule has 2 aromatic rings. The number of nitrogens with one attached hydrogen (secondary N) is 3. The van der Waals surface area contributed by atoms with Gasteiger partial charge in [0, 0.05) is 50.4 Å². The molecule has 0 radical (unpaired) electrons. The molecule has 3 amide bonds. The molecule has 0 aromatic heterocycles. The molecule has 0 aliphatic carbocycles. The van der Waals surface area contributed by atoms with E-state index in [1.54, 1.807) is 6.26 Å². The Morgan fingerprint density at radius 3 is 2.43 bits per heavy atom. The van der Waals surface area contributed by atoms with Crippen molar-refractivity contribution in [2.24, 2.45) is 0 Å². The van der Waals surface area contributed by atoms with Gasteiger partial charge in [-0.2, -0.15) is 5.26 Å². The van der Waals surface area contributed by atoms with Crippen molar-refractivity contribution in [1.29, 1.82) is 5.26 Å². The van der Waals surface area contributed by atoms with E-state index in [9.17, 15) is 24.0 Å². The number of anilines is 1. The first kappa shape index (κ1) is 39.0. The van der Waals surface area contributed by atoms with Crippen LogP contribution in [0.25, 0.3) is 10.8 Å². The van der Waals surface area contributed by atoms with Crippen LogP contribution < -0.4 is 16.0 Å². The summed E-state index contributed by atoms with van der Waals surface area (Å²) in [6.45, 7) is 10.2. The number of nitriles is 1. The number of rotatable bonds is 18. The largest absolute Gasteiger partial charge is 0.385 e. The van der Waals surface area contributed by atoms with Crippen LogP contribution in [0.3, 0.4) is 0 Å². The van der Waals surface area contributed by atoms with Crippen molar-refractivity contribution in [3.63, 3.8) is 0 Å². The second-order valence-electron chi connectivity index (χ2n) is 11.8. The van der Waals surface area contributed by atoms with Crippen LogP contribution in [0, 0.1) is 11.3 Å². The Kier molecular flexibility index (Phi) is 16.6. The molecule has 262 valence electrons. The summed E-state index contributed by atoms with van der Waals surface area (Å²) < 4.78 is 12.6. The lowest BCUT2D eigenvalue weighted by Crippen LogP contribution is -2.34. The predicted molar refractivity (Wildman–Crippen MR) is 199 cm³/mol. The van der Waals surface area contributed by atoms with Crippen molar-refractivity contribution >= 4 is 45.9 Å². The molecule has 9 nitrogen and oxygen atoms in total. The van der Waals surface area contributed by atoms with Crippen molar-refractivity contribution in [2.75, 3.05) is 57.4 Å². The Morgan fingerprint density at radius 1 is 1.02 bits per heavy atom. The highest BCUT2D eigenvalue weighted by Gasteiger charge is 2.23. The highest BCUT2D eigenvalue weighted by Crippen LogP contribution is 2.24. The van der Waals surface area contributed by atoms with Crippen LogP contribution in [0.5, 0.6) is 0 Å². The fraction of sp³-hybridized carbons (Fsp3) is 0.421. The van der Waals surface area contributed by atoms with Gasteiger partial charge in [0.05, 0.1) is 6.33 Å². The highest BCUT2D eigenvalue weighted by atomic mass is 32.2. The van der Waals surface area contributed by atoms with E-state index >= 15 is 0 Å². The van der Waals surface area contributed by atoms with Crippen molar-refractivity contribution in [2.45, 2.75) is 52.9 Å². The molecule has 0 unspecified atom stereocenters. The van der Waals surface area contributed by atoms with Gasteiger partial charge in [0.25, 0.3) is 11.8 Å². The average molecular weight is 689 g/mol. The van der Waals surface area contributed by atoms with Crippen molar-refractivity contribution in [3.05, 3.63) is 88.3 Å². The number of thioether (sulfide) groups is 1. The first-order valence-corrected chi connectivity index (χ1v) is 18.1. The summed E-state index contributed by atoms with van der Waals surface area (Å²) in [5.74, 6) is -0.825. The average Bonchev–Trinajstić information content (AvgIpc) is 3.63. The third-order valence-electron chi connectivity index (χ3n) is 8.39. The molecule has 3 N–H and O–H groups in total. The minimum atomic E-state index is -0.535. The van der Waals surface area contributed by atoms with Crippen molar-refractivity contribution in [1.82, 2.24) is 20.4 Å². The molecule has 11 heteroatoms. The minimum Gasteiger partial charge on any atom is -0.385 e. The van der Waals surface area contributed by atoms with Crippen molar-refractivity contribution < 1.29 is 18.8 Å². The maximum atomic E-state index is 13.3. The molecule has 49 heavy (non-hydrogen) atoms. The van der Waals surface area contributed by atoms with E-state index in [-0.39, 0.29) is 23.8 Å². The molecule has 2 aromatic carbocycles. The van der Waals surface area contributed by atoms with Crippen molar-refractivity contribution in [3.8, 4) is 6.07 Å². The zero-order valence-electron chi connectivity index (χ0n) is 29.1. The van der Waals surface area contributed by atoms with Crippen LogP contribution in [0.15, 0.2) is 82.7 Å².